The maximum atomic E-state index is 5.89. The van der Waals surface area contributed by atoms with Gasteiger partial charge in [-0.1, -0.05) is 12.1 Å². The van der Waals surface area contributed by atoms with Crippen LogP contribution in [0.3, 0.4) is 0 Å². The number of amidine groups is 1. The Labute approximate surface area is 187 Å². The van der Waals surface area contributed by atoms with Gasteiger partial charge in [0.05, 0.1) is 17.6 Å². The number of hydrogen-bond acceptors (Lipinski definition) is 8. The predicted molar refractivity (Wildman–Crippen MR) is 127 cm³/mol. The molecule has 2 fully saturated rings. The number of fused-ring (bicyclic) bond motifs is 2. The van der Waals surface area contributed by atoms with Gasteiger partial charge in [-0.15, -0.1) is 0 Å². The molecule has 0 saturated carbocycles. The third-order valence-electron chi connectivity index (χ3n) is 7.10. The van der Waals surface area contributed by atoms with Crippen molar-refractivity contribution >= 4 is 28.5 Å². The maximum absolute atomic E-state index is 5.89. The van der Waals surface area contributed by atoms with Crippen molar-refractivity contribution in [2.45, 2.75) is 25.4 Å². The smallest absolute Gasteiger partial charge is 0.180 e. The number of aromatic nitrogens is 3. The van der Waals surface area contributed by atoms with Gasteiger partial charge in [-0.05, 0) is 37.7 Å². The second kappa shape index (κ2) is 7.50. The van der Waals surface area contributed by atoms with E-state index in [1.165, 1.54) is 0 Å². The Bertz CT molecular complexity index is 1220. The third kappa shape index (κ3) is 3.40. The Morgan fingerprint density at radius 2 is 1.91 bits per heavy atom. The normalized spacial score (nSPS) is 22.1. The summed E-state index contributed by atoms with van der Waals surface area (Å²) in [5.41, 5.74) is 11.4. The standard InChI is InChI=1S/C24H28N8/c1-15-12-31(8-7-30(15)2)18-13-32(14-18)23-11-26-20-6-5-19(28-24(20)29-23)16-3-4-17-10-22(25)27-21(17)9-16/h3-6,9,11,15,18H,7-8,10,12-14H2,1-2H3,(H2,25,27). The summed E-state index contributed by atoms with van der Waals surface area (Å²) in [6, 6.07) is 11.4. The molecule has 164 valence electrons. The molecule has 0 radical (unpaired) electrons. The fourth-order valence-corrected chi connectivity index (χ4v) is 4.85. The molecular formula is C24H28N8. The summed E-state index contributed by atoms with van der Waals surface area (Å²) in [6.07, 6.45) is 2.60. The molecule has 2 saturated heterocycles. The van der Waals surface area contributed by atoms with Crippen LogP contribution in [0.15, 0.2) is 41.5 Å². The minimum Gasteiger partial charge on any atom is -0.387 e. The molecule has 0 bridgehead atoms. The van der Waals surface area contributed by atoms with Gasteiger partial charge >= 0.3 is 0 Å². The molecule has 1 aromatic carbocycles. The summed E-state index contributed by atoms with van der Waals surface area (Å²) in [4.78, 5) is 26.1. The summed E-state index contributed by atoms with van der Waals surface area (Å²) >= 11 is 0. The van der Waals surface area contributed by atoms with Crippen LogP contribution < -0.4 is 10.6 Å². The van der Waals surface area contributed by atoms with E-state index >= 15 is 0 Å². The first-order valence-electron chi connectivity index (χ1n) is 11.3. The second-order valence-electron chi connectivity index (χ2n) is 9.27. The number of aliphatic imine (C=N–C) groups is 1. The molecule has 2 N–H and O–H groups in total. The van der Waals surface area contributed by atoms with Crippen molar-refractivity contribution in [3.63, 3.8) is 0 Å². The van der Waals surface area contributed by atoms with Gasteiger partial charge in [-0.3, -0.25) is 4.90 Å². The highest BCUT2D eigenvalue weighted by Crippen LogP contribution is 2.31. The van der Waals surface area contributed by atoms with Crippen LogP contribution in [0.5, 0.6) is 0 Å². The fourth-order valence-electron chi connectivity index (χ4n) is 4.85. The minimum atomic E-state index is 0.599. The third-order valence-corrected chi connectivity index (χ3v) is 7.10. The van der Waals surface area contributed by atoms with Crippen molar-refractivity contribution in [3.05, 3.63) is 42.1 Å². The van der Waals surface area contributed by atoms with E-state index in [0.717, 1.165) is 73.0 Å². The molecule has 1 atom stereocenters. The van der Waals surface area contributed by atoms with E-state index < -0.39 is 0 Å². The molecule has 3 aliphatic rings. The molecular weight excluding hydrogens is 400 g/mol. The first-order chi connectivity index (χ1) is 15.5. The quantitative estimate of drug-likeness (QED) is 0.683. The second-order valence-corrected chi connectivity index (χ2v) is 9.27. The zero-order chi connectivity index (χ0) is 21.8. The number of rotatable bonds is 3. The number of nitrogens with zero attached hydrogens (tertiary/aromatic N) is 7. The highest BCUT2D eigenvalue weighted by atomic mass is 15.4. The van der Waals surface area contributed by atoms with Gasteiger partial charge in [-0.25, -0.2) is 19.9 Å². The monoisotopic (exact) mass is 428 g/mol. The first-order valence-corrected chi connectivity index (χ1v) is 11.3. The van der Waals surface area contributed by atoms with E-state index in [1.807, 2.05) is 18.3 Å². The van der Waals surface area contributed by atoms with Crippen LogP contribution in [0.1, 0.15) is 12.5 Å². The van der Waals surface area contributed by atoms with E-state index in [2.05, 4.69) is 56.8 Å². The van der Waals surface area contributed by atoms with Gasteiger partial charge in [0, 0.05) is 56.8 Å². The largest absolute Gasteiger partial charge is 0.387 e. The number of pyridine rings is 1. The van der Waals surface area contributed by atoms with E-state index in [9.17, 15) is 0 Å². The molecule has 5 heterocycles. The SMILES string of the molecule is CC1CN(C2CN(c3cnc4ccc(-c5ccc6c(c5)N=C(N)C6)nc4n3)C2)CCN1C. The highest BCUT2D eigenvalue weighted by molar-refractivity contribution is 5.92. The predicted octanol–water partition coefficient (Wildman–Crippen LogP) is 2.06. The zero-order valence-electron chi connectivity index (χ0n) is 18.6. The molecule has 3 aromatic rings. The lowest BCUT2D eigenvalue weighted by molar-refractivity contribution is 0.0610. The van der Waals surface area contributed by atoms with E-state index in [0.29, 0.717) is 23.6 Å². The lowest BCUT2D eigenvalue weighted by Crippen LogP contribution is -2.64. The lowest BCUT2D eigenvalue weighted by Gasteiger charge is -2.49. The molecule has 1 unspecified atom stereocenters. The number of likely N-dealkylation sites (N-methyl/N-ethyl adjacent to an activating group) is 1. The highest BCUT2D eigenvalue weighted by Gasteiger charge is 2.35. The maximum Gasteiger partial charge on any atom is 0.180 e. The number of piperazine rings is 1. The van der Waals surface area contributed by atoms with Gasteiger partial charge in [0.1, 0.15) is 17.2 Å². The van der Waals surface area contributed by atoms with Crippen molar-refractivity contribution in [2.75, 3.05) is 44.7 Å². The van der Waals surface area contributed by atoms with Crippen molar-refractivity contribution in [1.29, 1.82) is 0 Å². The zero-order valence-corrected chi connectivity index (χ0v) is 18.6. The Balaban J connectivity index is 1.21. The summed E-state index contributed by atoms with van der Waals surface area (Å²) in [5.74, 6) is 1.57. The molecule has 32 heavy (non-hydrogen) atoms. The Morgan fingerprint density at radius 3 is 2.75 bits per heavy atom. The van der Waals surface area contributed by atoms with E-state index in [1.54, 1.807) is 0 Å². The molecule has 0 amide bonds. The topological polar surface area (TPSA) is 86.8 Å². The van der Waals surface area contributed by atoms with Crippen molar-refractivity contribution in [1.82, 2.24) is 24.8 Å². The summed E-state index contributed by atoms with van der Waals surface area (Å²) < 4.78 is 0. The van der Waals surface area contributed by atoms with Crippen LogP contribution in [0.4, 0.5) is 11.5 Å². The van der Waals surface area contributed by atoms with Gasteiger partial charge in [0.15, 0.2) is 5.65 Å². The van der Waals surface area contributed by atoms with E-state index in [-0.39, 0.29) is 0 Å². The molecule has 6 rings (SSSR count). The van der Waals surface area contributed by atoms with Crippen molar-refractivity contribution in [2.24, 2.45) is 10.7 Å². The average molecular weight is 429 g/mol. The number of anilines is 1. The molecule has 8 heteroatoms. The number of benzene rings is 1. The van der Waals surface area contributed by atoms with Gasteiger partial charge in [0.2, 0.25) is 0 Å². The van der Waals surface area contributed by atoms with Gasteiger partial charge < -0.3 is 15.5 Å². The van der Waals surface area contributed by atoms with Crippen LogP contribution in [0, 0.1) is 0 Å². The molecule has 3 aliphatic heterocycles. The lowest BCUT2D eigenvalue weighted by atomic mass is 10.0. The van der Waals surface area contributed by atoms with E-state index in [4.69, 9.17) is 15.7 Å². The van der Waals surface area contributed by atoms with Crippen LogP contribution >= 0.6 is 0 Å². The number of hydrogen-bond donors (Lipinski definition) is 1. The summed E-state index contributed by atoms with van der Waals surface area (Å²) in [5, 5.41) is 0. The van der Waals surface area contributed by atoms with Crippen LogP contribution in [-0.4, -0.2) is 82.4 Å². The fraction of sp³-hybridized carbons (Fsp3) is 0.417. The van der Waals surface area contributed by atoms with Gasteiger partial charge in [0.25, 0.3) is 0 Å². The molecule has 0 aliphatic carbocycles. The van der Waals surface area contributed by atoms with Crippen LogP contribution in [0.2, 0.25) is 0 Å². The van der Waals surface area contributed by atoms with Crippen molar-refractivity contribution in [3.8, 4) is 11.3 Å². The Hall–Kier alpha value is -3.10. The Kier molecular flexibility index (Phi) is 4.58. The number of nitrogens with two attached hydrogens (primary N) is 1. The van der Waals surface area contributed by atoms with Gasteiger partial charge in [-0.2, -0.15) is 0 Å². The first kappa shape index (κ1) is 19.6. The molecule has 2 aromatic heterocycles. The minimum absolute atomic E-state index is 0.599. The Morgan fingerprint density at radius 1 is 1.03 bits per heavy atom. The summed E-state index contributed by atoms with van der Waals surface area (Å²) in [6.45, 7) is 7.73. The molecule has 0 spiro atoms. The van der Waals surface area contributed by atoms with Crippen LogP contribution in [0.25, 0.3) is 22.4 Å². The summed E-state index contributed by atoms with van der Waals surface area (Å²) in [7, 11) is 2.21. The van der Waals surface area contributed by atoms with Crippen LogP contribution in [-0.2, 0) is 6.42 Å². The average Bonchev–Trinajstić information content (AvgIpc) is 3.14. The van der Waals surface area contributed by atoms with Crippen molar-refractivity contribution < 1.29 is 0 Å². The molecule has 8 nitrogen and oxygen atoms in total.